The van der Waals surface area contributed by atoms with Gasteiger partial charge in [-0.2, -0.15) is 0 Å². The Bertz CT molecular complexity index is 866. The molecule has 0 saturated heterocycles. The molecule has 2 N–H and O–H groups in total. The highest BCUT2D eigenvalue weighted by molar-refractivity contribution is 7.99. The number of rotatable bonds is 8. The summed E-state index contributed by atoms with van der Waals surface area (Å²) in [7, 11) is 0. The molecule has 0 bridgehead atoms. The maximum atomic E-state index is 12.5. The molecule has 0 fully saturated rings. The van der Waals surface area contributed by atoms with E-state index in [1.165, 1.54) is 24.8 Å². The Morgan fingerprint density at radius 3 is 2.21 bits per heavy atom. The molecule has 0 aliphatic carbocycles. The average molecular weight is 401 g/mol. The molecule has 8 heteroatoms. The van der Waals surface area contributed by atoms with Crippen LogP contribution in [-0.2, 0) is 4.79 Å². The van der Waals surface area contributed by atoms with Crippen molar-refractivity contribution in [2.45, 2.75) is 32.1 Å². The van der Waals surface area contributed by atoms with Crippen LogP contribution in [0.2, 0.25) is 0 Å². The Labute approximate surface area is 168 Å². The summed E-state index contributed by atoms with van der Waals surface area (Å²) in [5, 5.41) is 16.7. The molecule has 0 aliphatic heterocycles. The fourth-order valence-electron chi connectivity index (χ4n) is 2.37. The normalized spacial score (nSPS) is 10.6. The van der Waals surface area contributed by atoms with E-state index in [-0.39, 0.29) is 17.2 Å². The van der Waals surface area contributed by atoms with Gasteiger partial charge in [0.25, 0.3) is 11.6 Å². The monoisotopic (exact) mass is 401 g/mol. The molecule has 0 unspecified atom stereocenters. The average Bonchev–Trinajstić information content (AvgIpc) is 2.62. The SMILES string of the molecule is CC(=O)Nc1ccc(NC(=O)c2ccc(SCCC(C)C)c([N+](=O)[O-])c2)cc1. The third-order valence-electron chi connectivity index (χ3n) is 3.83. The van der Waals surface area contributed by atoms with Gasteiger partial charge in [-0.1, -0.05) is 13.8 Å². The van der Waals surface area contributed by atoms with E-state index in [0.29, 0.717) is 22.2 Å². The topological polar surface area (TPSA) is 101 Å². The summed E-state index contributed by atoms with van der Waals surface area (Å²) in [6, 6.07) is 11.1. The number of nitro benzene ring substituents is 1. The van der Waals surface area contributed by atoms with Gasteiger partial charge in [-0.3, -0.25) is 19.7 Å². The van der Waals surface area contributed by atoms with Crippen molar-refractivity contribution in [2.24, 2.45) is 5.92 Å². The van der Waals surface area contributed by atoms with Crippen molar-refractivity contribution < 1.29 is 14.5 Å². The number of thioether (sulfide) groups is 1. The van der Waals surface area contributed by atoms with Gasteiger partial charge < -0.3 is 10.6 Å². The highest BCUT2D eigenvalue weighted by Gasteiger charge is 2.18. The summed E-state index contributed by atoms with van der Waals surface area (Å²) >= 11 is 1.43. The maximum absolute atomic E-state index is 12.5. The number of anilines is 2. The predicted molar refractivity (Wildman–Crippen MR) is 112 cm³/mol. The number of amides is 2. The summed E-state index contributed by atoms with van der Waals surface area (Å²) < 4.78 is 0. The van der Waals surface area contributed by atoms with E-state index in [0.717, 1.165) is 12.2 Å². The number of nitro groups is 1. The number of benzene rings is 2. The van der Waals surface area contributed by atoms with Gasteiger partial charge in [-0.15, -0.1) is 11.8 Å². The van der Waals surface area contributed by atoms with Gasteiger partial charge in [0.05, 0.1) is 9.82 Å². The lowest BCUT2D eigenvalue weighted by molar-refractivity contribution is -0.387. The van der Waals surface area contributed by atoms with E-state index in [9.17, 15) is 19.7 Å². The highest BCUT2D eigenvalue weighted by atomic mass is 32.2. The Hall–Kier alpha value is -2.87. The standard InChI is InChI=1S/C20H23N3O4S/c1-13(2)10-11-28-19-9-4-15(12-18(19)23(26)27)20(25)22-17-7-5-16(6-8-17)21-14(3)24/h4-9,12-13H,10-11H2,1-3H3,(H,21,24)(H,22,25). The Balaban J connectivity index is 2.11. The fourth-order valence-corrected chi connectivity index (χ4v) is 3.63. The van der Waals surface area contributed by atoms with Gasteiger partial charge in [-0.05, 0) is 54.5 Å². The molecule has 0 saturated carbocycles. The summed E-state index contributed by atoms with van der Waals surface area (Å²) in [6.45, 7) is 5.61. The zero-order valence-corrected chi connectivity index (χ0v) is 16.8. The molecule has 2 rings (SSSR count). The number of nitrogens with zero attached hydrogens (tertiary/aromatic N) is 1. The van der Waals surface area contributed by atoms with Crippen LogP contribution in [0.4, 0.5) is 17.1 Å². The third-order valence-corrected chi connectivity index (χ3v) is 4.93. The molecule has 0 spiro atoms. The second kappa shape index (κ2) is 9.89. The van der Waals surface area contributed by atoms with Gasteiger partial charge >= 0.3 is 0 Å². The first-order valence-electron chi connectivity index (χ1n) is 8.86. The Kier molecular flexibility index (Phi) is 7.57. The minimum Gasteiger partial charge on any atom is -0.326 e. The van der Waals surface area contributed by atoms with Crippen molar-refractivity contribution in [2.75, 3.05) is 16.4 Å². The second-order valence-corrected chi connectivity index (χ2v) is 7.82. The van der Waals surface area contributed by atoms with Crippen molar-refractivity contribution >= 4 is 40.6 Å². The molecule has 28 heavy (non-hydrogen) atoms. The summed E-state index contributed by atoms with van der Waals surface area (Å²) in [5.74, 6) is 0.684. The van der Waals surface area contributed by atoms with Crippen LogP contribution in [0, 0.1) is 16.0 Å². The molecule has 148 valence electrons. The van der Waals surface area contributed by atoms with Crippen LogP contribution in [0.25, 0.3) is 0 Å². The first kappa shape index (κ1) is 21.4. The number of hydrogen-bond donors (Lipinski definition) is 2. The van der Waals surface area contributed by atoms with E-state index >= 15 is 0 Å². The van der Waals surface area contributed by atoms with Gasteiger partial charge in [0, 0.05) is 29.9 Å². The quantitative estimate of drug-likeness (QED) is 0.370. The minimum absolute atomic E-state index is 0.0672. The largest absolute Gasteiger partial charge is 0.326 e. The van der Waals surface area contributed by atoms with E-state index < -0.39 is 10.8 Å². The lowest BCUT2D eigenvalue weighted by Gasteiger charge is -2.09. The van der Waals surface area contributed by atoms with E-state index in [1.807, 2.05) is 0 Å². The zero-order chi connectivity index (χ0) is 20.7. The third kappa shape index (κ3) is 6.38. The van der Waals surface area contributed by atoms with Crippen molar-refractivity contribution in [3.63, 3.8) is 0 Å². The molecule has 0 radical (unpaired) electrons. The summed E-state index contributed by atoms with van der Waals surface area (Å²) in [5.41, 5.74) is 1.29. The minimum atomic E-state index is -0.462. The van der Waals surface area contributed by atoms with E-state index in [1.54, 1.807) is 36.4 Å². The zero-order valence-electron chi connectivity index (χ0n) is 16.0. The molecule has 0 heterocycles. The fraction of sp³-hybridized carbons (Fsp3) is 0.300. The van der Waals surface area contributed by atoms with Crippen LogP contribution in [0.5, 0.6) is 0 Å². The summed E-state index contributed by atoms with van der Waals surface area (Å²) in [4.78, 5) is 35.0. The van der Waals surface area contributed by atoms with Crippen LogP contribution in [-0.4, -0.2) is 22.5 Å². The number of carbonyl (C=O) groups is 2. The summed E-state index contributed by atoms with van der Waals surface area (Å²) in [6.07, 6.45) is 0.957. The molecule has 0 aliphatic rings. The van der Waals surface area contributed by atoms with Gasteiger partial charge in [0.1, 0.15) is 0 Å². The van der Waals surface area contributed by atoms with Gasteiger partial charge in [0.15, 0.2) is 0 Å². The van der Waals surface area contributed by atoms with Crippen molar-refractivity contribution in [1.82, 2.24) is 0 Å². The molecule has 0 aromatic heterocycles. The van der Waals surface area contributed by atoms with Crippen LogP contribution in [0.15, 0.2) is 47.4 Å². The van der Waals surface area contributed by atoms with Crippen molar-refractivity contribution in [3.8, 4) is 0 Å². The molecule has 7 nitrogen and oxygen atoms in total. The molecular weight excluding hydrogens is 378 g/mol. The Morgan fingerprint density at radius 2 is 1.68 bits per heavy atom. The van der Waals surface area contributed by atoms with Gasteiger partial charge in [0.2, 0.25) is 5.91 Å². The molecular formula is C20H23N3O4S. The molecule has 2 amide bonds. The molecule has 2 aromatic rings. The first-order chi connectivity index (χ1) is 13.3. The predicted octanol–water partition coefficient (Wildman–Crippen LogP) is 4.94. The second-order valence-electron chi connectivity index (χ2n) is 6.68. The number of carbonyl (C=O) groups excluding carboxylic acids is 2. The van der Waals surface area contributed by atoms with Crippen LogP contribution in [0.3, 0.4) is 0 Å². The van der Waals surface area contributed by atoms with Crippen molar-refractivity contribution in [1.29, 1.82) is 0 Å². The Morgan fingerprint density at radius 1 is 1.07 bits per heavy atom. The molecule has 2 aromatic carbocycles. The maximum Gasteiger partial charge on any atom is 0.283 e. The highest BCUT2D eigenvalue weighted by Crippen LogP contribution is 2.31. The lowest BCUT2D eigenvalue weighted by Crippen LogP contribution is -2.12. The van der Waals surface area contributed by atoms with Crippen LogP contribution >= 0.6 is 11.8 Å². The van der Waals surface area contributed by atoms with E-state index in [4.69, 9.17) is 0 Å². The van der Waals surface area contributed by atoms with Crippen LogP contribution in [0.1, 0.15) is 37.6 Å². The number of hydrogen-bond acceptors (Lipinski definition) is 5. The van der Waals surface area contributed by atoms with Crippen molar-refractivity contribution in [3.05, 3.63) is 58.1 Å². The number of nitrogens with one attached hydrogen (secondary N) is 2. The van der Waals surface area contributed by atoms with Crippen LogP contribution < -0.4 is 10.6 Å². The molecule has 0 atom stereocenters. The first-order valence-corrected chi connectivity index (χ1v) is 9.85. The smallest absolute Gasteiger partial charge is 0.283 e. The van der Waals surface area contributed by atoms with Gasteiger partial charge in [-0.25, -0.2) is 0 Å². The van der Waals surface area contributed by atoms with E-state index in [2.05, 4.69) is 24.5 Å². The lowest BCUT2D eigenvalue weighted by atomic mass is 10.2.